The number of rotatable bonds is 7. The van der Waals surface area contributed by atoms with E-state index in [0.29, 0.717) is 12.1 Å². The molecule has 3 N–H and O–H groups in total. The molecule has 0 aromatic heterocycles. The van der Waals surface area contributed by atoms with Crippen LogP contribution in [0.4, 0.5) is 11.4 Å². The zero-order chi connectivity index (χ0) is 18.2. The maximum Gasteiger partial charge on any atom is 0.329 e. The summed E-state index contributed by atoms with van der Waals surface area (Å²) in [5, 5.41) is 3.26. The van der Waals surface area contributed by atoms with Crippen LogP contribution in [0, 0.1) is 0 Å². The molecule has 27 heavy (non-hydrogen) atoms. The van der Waals surface area contributed by atoms with Crippen LogP contribution in [0.25, 0.3) is 0 Å². The second kappa shape index (κ2) is 10.2. The van der Waals surface area contributed by atoms with Crippen molar-refractivity contribution < 1.29 is 9.53 Å². The lowest BCUT2D eigenvalue weighted by Crippen LogP contribution is -2.33. The van der Waals surface area contributed by atoms with E-state index in [4.69, 9.17) is 10.5 Å². The lowest BCUT2D eigenvalue weighted by atomic mass is 10.1. The summed E-state index contributed by atoms with van der Waals surface area (Å²) in [5.41, 5.74) is 9.28. The zero-order valence-electron chi connectivity index (χ0n) is 14.9. The molecule has 0 spiro atoms. The van der Waals surface area contributed by atoms with Gasteiger partial charge in [-0.2, -0.15) is 0 Å². The molecule has 0 heterocycles. The number of nitrogen functional groups attached to an aromatic ring is 1. The number of anilines is 2. The van der Waals surface area contributed by atoms with Gasteiger partial charge >= 0.3 is 5.97 Å². The Bertz CT molecular complexity index is 824. The van der Waals surface area contributed by atoms with Gasteiger partial charge in [-0.3, -0.25) is 0 Å². The van der Waals surface area contributed by atoms with Gasteiger partial charge in [0.2, 0.25) is 0 Å². The van der Waals surface area contributed by atoms with Gasteiger partial charge in [-0.15, -0.1) is 12.4 Å². The number of nitrogens with one attached hydrogen (secondary N) is 1. The standard InChI is InChI=1S/C22H22N2O2.ClH/c23-19-11-13-20(14-12-19)24-21(15-17-7-3-1-4-8-17)22(25)26-16-18-9-5-2-6-10-18;/h1-14,21,24H,15-16,23H2;1H. The molecule has 1 atom stereocenters. The van der Waals surface area contributed by atoms with Crippen molar-refractivity contribution in [1.82, 2.24) is 0 Å². The molecule has 0 fully saturated rings. The van der Waals surface area contributed by atoms with Crippen molar-refractivity contribution in [2.75, 3.05) is 11.1 Å². The number of hydrogen-bond acceptors (Lipinski definition) is 4. The Labute approximate surface area is 165 Å². The normalized spacial score (nSPS) is 11.1. The molecule has 0 radical (unpaired) electrons. The van der Waals surface area contributed by atoms with Crippen LogP contribution in [0.15, 0.2) is 84.9 Å². The van der Waals surface area contributed by atoms with E-state index in [2.05, 4.69) is 5.32 Å². The molecule has 4 nitrogen and oxygen atoms in total. The van der Waals surface area contributed by atoms with E-state index < -0.39 is 6.04 Å². The van der Waals surface area contributed by atoms with E-state index >= 15 is 0 Å². The van der Waals surface area contributed by atoms with Gasteiger partial charge in [0, 0.05) is 17.8 Å². The summed E-state index contributed by atoms with van der Waals surface area (Å²) in [5.74, 6) is -0.283. The minimum atomic E-state index is -0.482. The Morgan fingerprint density at radius 1 is 0.852 bits per heavy atom. The average molecular weight is 383 g/mol. The monoisotopic (exact) mass is 382 g/mol. The molecule has 0 aliphatic carbocycles. The second-order valence-corrected chi connectivity index (χ2v) is 6.10. The number of carbonyl (C=O) groups excluding carboxylic acids is 1. The van der Waals surface area contributed by atoms with Crippen molar-refractivity contribution >= 4 is 29.8 Å². The Kier molecular flexibility index (Phi) is 7.71. The molecule has 140 valence electrons. The highest BCUT2D eigenvalue weighted by atomic mass is 35.5. The van der Waals surface area contributed by atoms with Gasteiger partial charge in [0.15, 0.2) is 0 Å². The van der Waals surface area contributed by atoms with Crippen LogP contribution < -0.4 is 11.1 Å². The van der Waals surface area contributed by atoms with Gasteiger partial charge < -0.3 is 15.8 Å². The summed E-state index contributed by atoms with van der Waals surface area (Å²) in [6, 6.07) is 26.4. The first-order chi connectivity index (χ1) is 12.7. The first-order valence-electron chi connectivity index (χ1n) is 8.57. The molecule has 0 aliphatic heterocycles. The lowest BCUT2D eigenvalue weighted by molar-refractivity contribution is -0.145. The fourth-order valence-electron chi connectivity index (χ4n) is 2.65. The van der Waals surface area contributed by atoms with Gasteiger partial charge in [0.1, 0.15) is 12.6 Å². The number of nitrogens with two attached hydrogens (primary N) is 1. The van der Waals surface area contributed by atoms with Gasteiger partial charge in [-0.05, 0) is 35.4 Å². The number of benzene rings is 3. The molecule has 0 saturated heterocycles. The maximum atomic E-state index is 12.7. The zero-order valence-corrected chi connectivity index (χ0v) is 15.7. The van der Waals surface area contributed by atoms with Crippen LogP contribution in [0.1, 0.15) is 11.1 Å². The van der Waals surface area contributed by atoms with E-state index in [1.165, 1.54) is 0 Å². The van der Waals surface area contributed by atoms with E-state index in [-0.39, 0.29) is 25.0 Å². The molecule has 0 bridgehead atoms. The molecule has 3 aromatic rings. The van der Waals surface area contributed by atoms with Gasteiger partial charge in [0.25, 0.3) is 0 Å². The van der Waals surface area contributed by atoms with Crippen LogP contribution in [-0.4, -0.2) is 12.0 Å². The largest absolute Gasteiger partial charge is 0.459 e. The Morgan fingerprint density at radius 3 is 2.00 bits per heavy atom. The summed E-state index contributed by atoms with van der Waals surface area (Å²) in [7, 11) is 0. The van der Waals surface area contributed by atoms with E-state index in [1.807, 2.05) is 72.8 Å². The highest BCUT2D eigenvalue weighted by Gasteiger charge is 2.20. The van der Waals surface area contributed by atoms with Crippen molar-refractivity contribution in [3.05, 3.63) is 96.1 Å². The molecular weight excluding hydrogens is 360 g/mol. The lowest BCUT2D eigenvalue weighted by Gasteiger charge is -2.19. The number of ether oxygens (including phenoxy) is 1. The third kappa shape index (κ3) is 6.35. The fraction of sp³-hybridized carbons (Fsp3) is 0.136. The Balaban J connectivity index is 0.00000261. The average Bonchev–Trinajstić information content (AvgIpc) is 2.69. The number of hydrogen-bond donors (Lipinski definition) is 2. The SMILES string of the molecule is Cl.Nc1ccc(NC(Cc2ccccc2)C(=O)OCc2ccccc2)cc1. The molecule has 0 aliphatic rings. The van der Waals surface area contributed by atoms with Crippen molar-refractivity contribution in [1.29, 1.82) is 0 Å². The molecule has 5 heteroatoms. The molecular formula is C22H23ClN2O2. The number of esters is 1. The molecule has 0 amide bonds. The summed E-state index contributed by atoms with van der Waals surface area (Å²) in [6.07, 6.45) is 0.541. The van der Waals surface area contributed by atoms with Crippen molar-refractivity contribution in [3.63, 3.8) is 0 Å². The highest BCUT2D eigenvalue weighted by molar-refractivity contribution is 5.85. The molecule has 3 rings (SSSR count). The van der Waals surface area contributed by atoms with Crippen molar-refractivity contribution in [2.24, 2.45) is 0 Å². The van der Waals surface area contributed by atoms with E-state index in [0.717, 1.165) is 16.8 Å². The molecule has 3 aromatic carbocycles. The number of carbonyl (C=O) groups is 1. The highest BCUT2D eigenvalue weighted by Crippen LogP contribution is 2.15. The first-order valence-corrected chi connectivity index (χ1v) is 8.57. The molecule has 0 saturated carbocycles. The first kappa shape index (κ1) is 20.3. The summed E-state index contributed by atoms with van der Waals surface area (Å²) in [4.78, 5) is 12.7. The van der Waals surface area contributed by atoms with Gasteiger partial charge in [-0.1, -0.05) is 60.7 Å². The summed E-state index contributed by atoms with van der Waals surface area (Å²) in [6.45, 7) is 0.258. The molecule has 1 unspecified atom stereocenters. The smallest absolute Gasteiger partial charge is 0.329 e. The van der Waals surface area contributed by atoms with Crippen LogP contribution >= 0.6 is 12.4 Å². The van der Waals surface area contributed by atoms with E-state index in [1.54, 1.807) is 12.1 Å². The topological polar surface area (TPSA) is 64.3 Å². The minimum Gasteiger partial charge on any atom is -0.459 e. The van der Waals surface area contributed by atoms with Gasteiger partial charge in [0.05, 0.1) is 0 Å². The fourth-order valence-corrected chi connectivity index (χ4v) is 2.65. The Hall–Kier alpha value is -2.98. The third-order valence-electron chi connectivity index (χ3n) is 4.04. The summed E-state index contributed by atoms with van der Waals surface area (Å²) < 4.78 is 5.53. The van der Waals surface area contributed by atoms with Crippen LogP contribution in [0.3, 0.4) is 0 Å². The minimum absolute atomic E-state index is 0. The van der Waals surface area contributed by atoms with E-state index in [9.17, 15) is 4.79 Å². The maximum absolute atomic E-state index is 12.7. The predicted molar refractivity (Wildman–Crippen MR) is 112 cm³/mol. The predicted octanol–water partition coefficient (Wildman–Crippen LogP) is 4.46. The third-order valence-corrected chi connectivity index (χ3v) is 4.04. The van der Waals surface area contributed by atoms with Crippen LogP contribution in [0.5, 0.6) is 0 Å². The van der Waals surface area contributed by atoms with Crippen LogP contribution in [-0.2, 0) is 22.6 Å². The van der Waals surface area contributed by atoms with Crippen molar-refractivity contribution in [3.8, 4) is 0 Å². The quantitative estimate of drug-likeness (QED) is 0.468. The summed E-state index contributed by atoms with van der Waals surface area (Å²) >= 11 is 0. The second-order valence-electron chi connectivity index (χ2n) is 6.10. The van der Waals surface area contributed by atoms with Gasteiger partial charge in [-0.25, -0.2) is 4.79 Å². The van der Waals surface area contributed by atoms with Crippen molar-refractivity contribution in [2.45, 2.75) is 19.1 Å². The van der Waals surface area contributed by atoms with Crippen LogP contribution in [0.2, 0.25) is 0 Å². The number of halogens is 1. The Morgan fingerprint density at radius 2 is 1.41 bits per heavy atom.